The summed E-state index contributed by atoms with van der Waals surface area (Å²) in [6.45, 7) is 3.47. The second-order valence-electron chi connectivity index (χ2n) is 5.76. The summed E-state index contributed by atoms with van der Waals surface area (Å²) in [4.78, 5) is 13.7. The van der Waals surface area contributed by atoms with Crippen LogP contribution in [0.4, 0.5) is 0 Å². The summed E-state index contributed by atoms with van der Waals surface area (Å²) < 4.78 is 0. The minimum absolute atomic E-state index is 0.625. The molecule has 3 unspecified atom stereocenters. The first-order valence-corrected chi connectivity index (χ1v) is 6.73. The third-order valence-corrected chi connectivity index (χ3v) is 4.65. The fourth-order valence-corrected chi connectivity index (χ4v) is 3.41. The maximum atomic E-state index is 11.3. The molecule has 1 aliphatic heterocycles. The molecular weight excluding hydrogens is 216 g/mol. The molecule has 2 aliphatic rings. The lowest BCUT2D eigenvalue weighted by atomic mass is 9.90. The number of rotatable bonds is 4. The van der Waals surface area contributed by atoms with Gasteiger partial charge in [-0.25, -0.2) is 0 Å². The number of fused-ring (bicyclic) bond motifs is 1. The molecule has 1 saturated heterocycles. The van der Waals surface area contributed by atoms with Crippen LogP contribution < -0.4 is 5.32 Å². The molecule has 0 amide bonds. The predicted octanol–water partition coefficient (Wildman–Crippen LogP) is 1.31. The lowest BCUT2D eigenvalue weighted by molar-refractivity contribution is -0.145. The van der Waals surface area contributed by atoms with Crippen LogP contribution in [0.1, 0.15) is 39.0 Å². The van der Waals surface area contributed by atoms with Crippen molar-refractivity contribution in [3.05, 3.63) is 0 Å². The average Bonchev–Trinajstić information content (AvgIpc) is 2.77. The summed E-state index contributed by atoms with van der Waals surface area (Å²) in [7, 11) is 1.74. The summed E-state index contributed by atoms with van der Waals surface area (Å²) in [5.41, 5.74) is -0.815. The number of carboxylic acids is 1. The topological polar surface area (TPSA) is 52.6 Å². The summed E-state index contributed by atoms with van der Waals surface area (Å²) in [6.07, 6.45) is 6.47. The van der Waals surface area contributed by atoms with Gasteiger partial charge in [-0.3, -0.25) is 9.69 Å². The largest absolute Gasteiger partial charge is 0.480 e. The first kappa shape index (κ1) is 12.8. The van der Waals surface area contributed by atoms with Crippen molar-refractivity contribution in [1.82, 2.24) is 10.2 Å². The molecule has 1 heterocycles. The van der Waals surface area contributed by atoms with E-state index in [1.807, 2.05) is 0 Å². The van der Waals surface area contributed by atoms with Crippen molar-refractivity contribution in [2.45, 2.75) is 50.6 Å². The first-order chi connectivity index (χ1) is 8.07. The van der Waals surface area contributed by atoms with Crippen molar-refractivity contribution in [3.63, 3.8) is 0 Å². The summed E-state index contributed by atoms with van der Waals surface area (Å²) in [6, 6.07) is 0.635. The van der Waals surface area contributed by atoms with Crippen LogP contribution in [0.15, 0.2) is 0 Å². The predicted molar refractivity (Wildman–Crippen MR) is 67.0 cm³/mol. The Morgan fingerprint density at radius 1 is 1.41 bits per heavy atom. The number of nitrogens with zero attached hydrogens (tertiary/aromatic N) is 1. The fraction of sp³-hybridized carbons (Fsp3) is 0.923. The highest BCUT2D eigenvalue weighted by Crippen LogP contribution is 2.37. The normalized spacial score (nSPS) is 33.1. The van der Waals surface area contributed by atoms with E-state index in [0.29, 0.717) is 12.6 Å². The molecule has 98 valence electrons. The second-order valence-corrected chi connectivity index (χ2v) is 5.76. The van der Waals surface area contributed by atoms with E-state index in [4.69, 9.17) is 0 Å². The number of aliphatic carboxylic acids is 1. The molecule has 0 spiro atoms. The number of likely N-dealkylation sites (N-methyl/N-ethyl adjacent to an activating group) is 1. The van der Waals surface area contributed by atoms with Crippen LogP contribution >= 0.6 is 0 Å². The van der Waals surface area contributed by atoms with Gasteiger partial charge >= 0.3 is 5.97 Å². The quantitative estimate of drug-likeness (QED) is 0.778. The average molecular weight is 240 g/mol. The Balaban J connectivity index is 2.04. The van der Waals surface area contributed by atoms with Crippen LogP contribution in [0.25, 0.3) is 0 Å². The maximum Gasteiger partial charge on any atom is 0.324 e. The van der Waals surface area contributed by atoms with Gasteiger partial charge in [0.05, 0.1) is 0 Å². The lowest BCUT2D eigenvalue weighted by Gasteiger charge is -2.41. The van der Waals surface area contributed by atoms with Crippen molar-refractivity contribution in [1.29, 1.82) is 0 Å². The van der Waals surface area contributed by atoms with Crippen LogP contribution in [0.3, 0.4) is 0 Å². The molecule has 0 aromatic carbocycles. The third kappa shape index (κ3) is 2.47. The van der Waals surface area contributed by atoms with E-state index in [0.717, 1.165) is 12.5 Å². The minimum Gasteiger partial charge on any atom is -0.480 e. The molecule has 2 fully saturated rings. The Hall–Kier alpha value is -0.610. The molecule has 0 aromatic heterocycles. The Bertz CT molecular complexity index is 295. The number of hydrogen-bond donors (Lipinski definition) is 2. The van der Waals surface area contributed by atoms with E-state index in [-0.39, 0.29) is 0 Å². The standard InChI is InChI=1S/C13H24N2O2/c1-13(14-2,12(16)17)9-15-8-4-6-10-5-3-7-11(10)15/h10-11,14H,3-9H2,1-2H3,(H,16,17). The molecule has 3 atom stereocenters. The van der Waals surface area contributed by atoms with Crippen molar-refractivity contribution < 1.29 is 9.90 Å². The summed E-state index contributed by atoms with van der Waals surface area (Å²) in [5.74, 6) is 0.0683. The number of carboxylic acid groups (broad SMARTS) is 1. The molecule has 17 heavy (non-hydrogen) atoms. The molecule has 4 nitrogen and oxygen atoms in total. The molecular formula is C13H24N2O2. The second kappa shape index (κ2) is 4.94. The van der Waals surface area contributed by atoms with Gasteiger partial charge in [0.1, 0.15) is 5.54 Å². The van der Waals surface area contributed by atoms with Crippen LogP contribution in [0.5, 0.6) is 0 Å². The van der Waals surface area contributed by atoms with Crippen LogP contribution in [0, 0.1) is 5.92 Å². The van der Waals surface area contributed by atoms with Crippen molar-refractivity contribution in [2.75, 3.05) is 20.1 Å². The van der Waals surface area contributed by atoms with Crippen LogP contribution in [-0.4, -0.2) is 47.7 Å². The lowest BCUT2D eigenvalue weighted by Crippen LogP contribution is -2.58. The maximum absolute atomic E-state index is 11.3. The minimum atomic E-state index is -0.815. The van der Waals surface area contributed by atoms with Gasteiger partial charge in [-0.2, -0.15) is 0 Å². The van der Waals surface area contributed by atoms with Gasteiger partial charge in [-0.15, -0.1) is 0 Å². The van der Waals surface area contributed by atoms with E-state index in [2.05, 4.69) is 10.2 Å². The van der Waals surface area contributed by atoms with E-state index in [1.54, 1.807) is 14.0 Å². The molecule has 0 aromatic rings. The number of carbonyl (C=O) groups is 1. The van der Waals surface area contributed by atoms with E-state index < -0.39 is 11.5 Å². The Morgan fingerprint density at radius 3 is 2.76 bits per heavy atom. The molecule has 2 rings (SSSR count). The van der Waals surface area contributed by atoms with Crippen LogP contribution in [-0.2, 0) is 4.79 Å². The van der Waals surface area contributed by atoms with Crippen molar-refractivity contribution in [2.24, 2.45) is 5.92 Å². The van der Waals surface area contributed by atoms with Crippen molar-refractivity contribution >= 4 is 5.97 Å². The first-order valence-electron chi connectivity index (χ1n) is 6.73. The fourth-order valence-electron chi connectivity index (χ4n) is 3.41. The van der Waals surface area contributed by atoms with Gasteiger partial charge in [0.25, 0.3) is 0 Å². The zero-order chi connectivity index (χ0) is 12.5. The Kier molecular flexibility index (Phi) is 3.73. The van der Waals surface area contributed by atoms with E-state index >= 15 is 0 Å². The highest BCUT2D eigenvalue weighted by atomic mass is 16.4. The molecule has 4 heteroatoms. The van der Waals surface area contributed by atoms with Gasteiger partial charge in [0.2, 0.25) is 0 Å². The monoisotopic (exact) mass is 240 g/mol. The van der Waals surface area contributed by atoms with Gasteiger partial charge in [-0.05, 0) is 52.1 Å². The molecule has 0 radical (unpaired) electrons. The molecule has 0 bridgehead atoms. The highest BCUT2D eigenvalue weighted by molar-refractivity contribution is 5.78. The summed E-state index contributed by atoms with van der Waals surface area (Å²) in [5, 5.41) is 12.3. The Morgan fingerprint density at radius 2 is 2.12 bits per heavy atom. The van der Waals surface area contributed by atoms with Gasteiger partial charge in [0, 0.05) is 12.6 Å². The Labute approximate surface area is 103 Å². The number of piperidine rings is 1. The van der Waals surface area contributed by atoms with E-state index in [9.17, 15) is 9.90 Å². The zero-order valence-electron chi connectivity index (χ0n) is 10.9. The van der Waals surface area contributed by atoms with Gasteiger partial charge in [-0.1, -0.05) is 6.42 Å². The highest BCUT2D eigenvalue weighted by Gasteiger charge is 2.40. The smallest absolute Gasteiger partial charge is 0.324 e. The number of nitrogens with one attached hydrogen (secondary N) is 1. The van der Waals surface area contributed by atoms with Crippen molar-refractivity contribution in [3.8, 4) is 0 Å². The molecule has 2 N–H and O–H groups in total. The third-order valence-electron chi connectivity index (χ3n) is 4.65. The molecule has 1 saturated carbocycles. The van der Waals surface area contributed by atoms with Crippen LogP contribution in [0.2, 0.25) is 0 Å². The van der Waals surface area contributed by atoms with Gasteiger partial charge in [0.15, 0.2) is 0 Å². The molecule has 1 aliphatic carbocycles. The van der Waals surface area contributed by atoms with E-state index in [1.165, 1.54) is 32.1 Å². The number of hydrogen-bond acceptors (Lipinski definition) is 3. The number of likely N-dealkylation sites (tertiary alicyclic amines) is 1. The zero-order valence-corrected chi connectivity index (χ0v) is 10.9. The SMILES string of the molecule is CNC(C)(CN1CCCC2CCCC21)C(=O)O. The summed E-state index contributed by atoms with van der Waals surface area (Å²) >= 11 is 0. The van der Waals surface area contributed by atoms with Gasteiger partial charge < -0.3 is 10.4 Å².